The molecule has 0 aromatic heterocycles. The first kappa shape index (κ1) is 12.1. The Morgan fingerprint density at radius 1 is 1.50 bits per heavy atom. The average Bonchev–Trinajstić information content (AvgIpc) is 1.59. The van der Waals surface area contributed by atoms with Gasteiger partial charge in [-0.1, -0.05) is 7.43 Å². The highest BCUT2D eigenvalue weighted by atomic mass is 32.3. The summed E-state index contributed by atoms with van der Waals surface area (Å²) in [5, 5.41) is 7.78. The molecular formula is C3H8O6S. The van der Waals surface area contributed by atoms with Crippen LogP contribution in [-0.4, -0.2) is 30.7 Å². The maximum Gasteiger partial charge on any atom is 0.397 e. The van der Waals surface area contributed by atoms with Crippen LogP contribution in [0.2, 0.25) is 0 Å². The lowest BCUT2D eigenvalue weighted by molar-refractivity contribution is -0.139. The zero-order chi connectivity index (χ0) is 7.49. The molecule has 6 nitrogen and oxygen atoms in total. The summed E-state index contributed by atoms with van der Waals surface area (Å²) in [4.78, 5) is 9.55. The van der Waals surface area contributed by atoms with Crippen LogP contribution in [0.1, 0.15) is 7.43 Å². The molecule has 0 radical (unpaired) electrons. The third-order valence-corrected chi connectivity index (χ3v) is 0.747. The summed E-state index contributed by atoms with van der Waals surface area (Å²) in [6.45, 7) is -1.06. The van der Waals surface area contributed by atoms with Gasteiger partial charge in [-0.15, -0.1) is 0 Å². The number of hydrogen-bond donors (Lipinski definition) is 2. The number of hydrogen-bond acceptors (Lipinski definition) is 4. The zero-order valence-electron chi connectivity index (χ0n) is 4.14. The lowest BCUT2D eigenvalue weighted by Crippen LogP contribution is -2.12. The molecule has 2 N–H and O–H groups in total. The number of aliphatic carboxylic acids is 1. The van der Waals surface area contributed by atoms with E-state index in [9.17, 15) is 13.2 Å². The maximum absolute atomic E-state index is 9.61. The monoisotopic (exact) mass is 172 g/mol. The predicted molar refractivity (Wildman–Crippen MR) is 31.9 cm³/mol. The molecule has 7 heteroatoms. The Labute approximate surface area is 58.4 Å². The standard InChI is InChI=1S/C2H4O6S.CH4/c3-2(4)1-8-9(5,6)7;/h1H2,(H,3,4)(H,5,6,7);1H4. The minimum absolute atomic E-state index is 0. The second-order valence-corrected chi connectivity index (χ2v) is 2.17. The molecule has 0 aromatic carbocycles. The highest BCUT2D eigenvalue weighted by molar-refractivity contribution is 7.80. The highest BCUT2D eigenvalue weighted by Gasteiger charge is 2.06. The average molecular weight is 172 g/mol. The lowest BCUT2D eigenvalue weighted by atomic mass is 10.8. The van der Waals surface area contributed by atoms with E-state index in [0.717, 1.165) is 0 Å². The molecule has 62 valence electrons. The van der Waals surface area contributed by atoms with Crippen LogP contribution in [0.3, 0.4) is 0 Å². The summed E-state index contributed by atoms with van der Waals surface area (Å²) in [5.74, 6) is -1.47. The van der Waals surface area contributed by atoms with Gasteiger partial charge in [0.25, 0.3) is 0 Å². The van der Waals surface area contributed by atoms with E-state index in [0.29, 0.717) is 0 Å². The van der Waals surface area contributed by atoms with Gasteiger partial charge in [0.2, 0.25) is 0 Å². The van der Waals surface area contributed by atoms with Crippen LogP contribution in [0.15, 0.2) is 0 Å². The molecule has 0 saturated heterocycles. The maximum atomic E-state index is 9.61. The minimum Gasteiger partial charge on any atom is -0.479 e. The SMILES string of the molecule is C.O=C(O)COS(=O)(=O)O. The first-order valence-corrected chi connectivity index (χ1v) is 3.12. The Morgan fingerprint density at radius 2 is 1.90 bits per heavy atom. The second-order valence-electron chi connectivity index (χ2n) is 1.08. The van der Waals surface area contributed by atoms with Crippen molar-refractivity contribution in [2.75, 3.05) is 6.61 Å². The Bertz CT molecular complexity index is 191. The van der Waals surface area contributed by atoms with Gasteiger partial charge in [0.1, 0.15) is 0 Å². The number of rotatable bonds is 3. The van der Waals surface area contributed by atoms with Gasteiger partial charge in [-0.2, -0.15) is 8.42 Å². The Kier molecular flexibility index (Phi) is 5.07. The van der Waals surface area contributed by atoms with Gasteiger partial charge in [-0.25, -0.2) is 8.98 Å². The van der Waals surface area contributed by atoms with Crippen LogP contribution in [0.25, 0.3) is 0 Å². The van der Waals surface area contributed by atoms with E-state index in [-0.39, 0.29) is 7.43 Å². The van der Waals surface area contributed by atoms with Crippen LogP contribution in [-0.2, 0) is 19.4 Å². The van der Waals surface area contributed by atoms with Crippen molar-refractivity contribution in [3.8, 4) is 0 Å². The summed E-state index contributed by atoms with van der Waals surface area (Å²) in [7, 11) is -4.60. The third-order valence-electron chi connectivity index (χ3n) is 0.331. The molecule has 0 rings (SSSR count). The fourth-order valence-electron chi connectivity index (χ4n) is 0.125. The Balaban J connectivity index is 0. The molecule has 0 spiro atoms. The van der Waals surface area contributed by atoms with Gasteiger partial charge in [-0.05, 0) is 0 Å². The summed E-state index contributed by atoms with van der Waals surface area (Å²) >= 11 is 0. The van der Waals surface area contributed by atoms with Gasteiger partial charge >= 0.3 is 16.4 Å². The first-order valence-electron chi connectivity index (χ1n) is 1.75. The van der Waals surface area contributed by atoms with Crippen molar-refractivity contribution in [2.24, 2.45) is 0 Å². The smallest absolute Gasteiger partial charge is 0.397 e. The van der Waals surface area contributed by atoms with Gasteiger partial charge in [0, 0.05) is 0 Å². The van der Waals surface area contributed by atoms with E-state index in [1.54, 1.807) is 0 Å². The number of carboxylic acid groups (broad SMARTS) is 1. The molecule has 0 fully saturated rings. The lowest BCUT2D eigenvalue weighted by Gasteiger charge is -1.91. The Hall–Kier alpha value is -0.660. The molecule has 0 aliphatic carbocycles. The summed E-state index contributed by atoms with van der Waals surface area (Å²) in [5.41, 5.74) is 0. The van der Waals surface area contributed by atoms with Crippen molar-refractivity contribution in [1.29, 1.82) is 0 Å². The van der Waals surface area contributed by atoms with E-state index in [1.165, 1.54) is 0 Å². The van der Waals surface area contributed by atoms with E-state index in [2.05, 4.69) is 4.18 Å². The topological polar surface area (TPSA) is 101 Å². The molecule has 0 atom stereocenters. The second kappa shape index (κ2) is 4.20. The number of carboxylic acids is 1. The largest absolute Gasteiger partial charge is 0.479 e. The van der Waals surface area contributed by atoms with Crippen molar-refractivity contribution in [3.05, 3.63) is 0 Å². The highest BCUT2D eigenvalue weighted by Crippen LogP contribution is 1.83. The van der Waals surface area contributed by atoms with E-state index < -0.39 is 23.0 Å². The van der Waals surface area contributed by atoms with Crippen LogP contribution in [0.4, 0.5) is 0 Å². The molecule has 0 unspecified atom stereocenters. The van der Waals surface area contributed by atoms with Crippen LogP contribution in [0.5, 0.6) is 0 Å². The van der Waals surface area contributed by atoms with Crippen molar-refractivity contribution in [2.45, 2.75) is 7.43 Å². The molecule has 0 heterocycles. The van der Waals surface area contributed by atoms with Crippen LogP contribution < -0.4 is 0 Å². The fourth-order valence-corrected chi connectivity index (χ4v) is 0.375. The third kappa shape index (κ3) is 10.3. The predicted octanol–water partition coefficient (Wildman–Crippen LogP) is -0.473. The van der Waals surface area contributed by atoms with E-state index >= 15 is 0 Å². The minimum atomic E-state index is -4.60. The summed E-state index contributed by atoms with van der Waals surface area (Å²) in [6, 6.07) is 0. The molecule has 0 amide bonds. The molecule has 0 aromatic rings. The van der Waals surface area contributed by atoms with Gasteiger partial charge in [-0.3, -0.25) is 4.55 Å². The molecule has 0 aliphatic heterocycles. The van der Waals surface area contributed by atoms with Crippen molar-refractivity contribution in [3.63, 3.8) is 0 Å². The zero-order valence-corrected chi connectivity index (χ0v) is 4.96. The van der Waals surface area contributed by atoms with E-state index in [4.69, 9.17) is 9.66 Å². The quantitative estimate of drug-likeness (QED) is 0.558. The number of carbonyl (C=O) groups is 1. The van der Waals surface area contributed by atoms with Gasteiger partial charge in [0.05, 0.1) is 0 Å². The van der Waals surface area contributed by atoms with Gasteiger partial charge in [0.15, 0.2) is 6.61 Å². The normalized spacial score (nSPS) is 10.1. The summed E-state index contributed by atoms with van der Waals surface area (Å²) in [6.07, 6.45) is 0. The molecule has 0 aliphatic rings. The fraction of sp³-hybridized carbons (Fsp3) is 0.667. The molecule has 10 heavy (non-hydrogen) atoms. The van der Waals surface area contributed by atoms with Gasteiger partial charge < -0.3 is 5.11 Å². The van der Waals surface area contributed by atoms with Crippen LogP contribution >= 0.6 is 0 Å². The van der Waals surface area contributed by atoms with Crippen molar-refractivity contribution < 1.29 is 27.1 Å². The van der Waals surface area contributed by atoms with E-state index in [1.807, 2.05) is 0 Å². The molecule has 0 bridgehead atoms. The molecule has 0 saturated carbocycles. The summed E-state index contributed by atoms with van der Waals surface area (Å²) < 4.78 is 30.4. The first-order chi connectivity index (χ1) is 3.92. The molecular weight excluding hydrogens is 164 g/mol. The van der Waals surface area contributed by atoms with Crippen LogP contribution in [0, 0.1) is 0 Å². The van der Waals surface area contributed by atoms with Crippen molar-refractivity contribution in [1.82, 2.24) is 0 Å². The Morgan fingerprint density at radius 3 is 2.00 bits per heavy atom. The van der Waals surface area contributed by atoms with Crippen molar-refractivity contribution >= 4 is 16.4 Å².